The Hall–Kier alpha value is -2.41. The predicted molar refractivity (Wildman–Crippen MR) is 85.4 cm³/mol. The van der Waals surface area contributed by atoms with Crippen LogP contribution in [0.2, 0.25) is 0 Å². The number of hydrogen-bond acceptors (Lipinski definition) is 6. The second-order valence-electron chi connectivity index (χ2n) is 6.27. The highest BCUT2D eigenvalue weighted by Crippen LogP contribution is 2.37. The minimum absolute atomic E-state index is 0.0710. The van der Waals surface area contributed by atoms with Crippen molar-refractivity contribution in [1.82, 2.24) is 24.8 Å². The third kappa shape index (κ3) is 3.12. The van der Waals surface area contributed by atoms with E-state index in [1.807, 2.05) is 13.0 Å². The van der Waals surface area contributed by atoms with Crippen molar-refractivity contribution in [3.05, 3.63) is 47.6 Å². The van der Waals surface area contributed by atoms with Crippen LogP contribution in [0.1, 0.15) is 52.6 Å². The Morgan fingerprint density at radius 2 is 2.00 bits per heavy atom. The van der Waals surface area contributed by atoms with Crippen molar-refractivity contribution in [1.29, 1.82) is 0 Å². The Kier molecular flexibility index (Phi) is 3.93. The Balaban J connectivity index is 1.47. The van der Waals surface area contributed by atoms with Gasteiger partial charge in [0, 0.05) is 36.7 Å². The summed E-state index contributed by atoms with van der Waals surface area (Å²) in [4.78, 5) is 31.8. The minimum Gasteiger partial charge on any atom is -0.367 e. The molecule has 1 amide bonds. The van der Waals surface area contributed by atoms with Crippen molar-refractivity contribution in [2.75, 3.05) is 19.7 Å². The van der Waals surface area contributed by atoms with Crippen LogP contribution in [-0.2, 0) is 4.74 Å². The van der Waals surface area contributed by atoms with E-state index in [1.54, 1.807) is 23.5 Å². The van der Waals surface area contributed by atoms with Crippen molar-refractivity contribution in [2.24, 2.45) is 0 Å². The van der Waals surface area contributed by atoms with Crippen molar-refractivity contribution in [3.63, 3.8) is 0 Å². The van der Waals surface area contributed by atoms with Crippen LogP contribution >= 0.6 is 0 Å². The molecule has 2 fully saturated rings. The van der Waals surface area contributed by atoms with E-state index in [0.717, 1.165) is 24.4 Å². The molecule has 0 spiro atoms. The highest BCUT2D eigenvalue weighted by atomic mass is 16.5. The van der Waals surface area contributed by atoms with Crippen molar-refractivity contribution in [3.8, 4) is 0 Å². The summed E-state index contributed by atoms with van der Waals surface area (Å²) in [5.41, 5.74) is 1.40. The fourth-order valence-corrected chi connectivity index (χ4v) is 2.80. The number of carbonyl (C=O) groups excluding carboxylic acids is 1. The number of hydrogen-bond donors (Lipinski definition) is 0. The summed E-state index contributed by atoms with van der Waals surface area (Å²) in [6, 6.07) is 1.84. The first kappa shape index (κ1) is 15.1. The van der Waals surface area contributed by atoms with Crippen LogP contribution < -0.4 is 0 Å². The Morgan fingerprint density at radius 1 is 1.21 bits per heavy atom. The van der Waals surface area contributed by atoms with Gasteiger partial charge in [-0.25, -0.2) is 19.9 Å². The van der Waals surface area contributed by atoms with Gasteiger partial charge in [-0.05, 0) is 25.8 Å². The summed E-state index contributed by atoms with van der Waals surface area (Å²) >= 11 is 0. The van der Waals surface area contributed by atoms with E-state index in [4.69, 9.17) is 4.74 Å². The van der Waals surface area contributed by atoms with Gasteiger partial charge in [-0.3, -0.25) is 4.79 Å². The molecule has 2 aliphatic rings. The summed E-state index contributed by atoms with van der Waals surface area (Å²) < 4.78 is 5.74. The molecule has 7 nitrogen and oxygen atoms in total. The van der Waals surface area contributed by atoms with Gasteiger partial charge in [-0.15, -0.1) is 0 Å². The Bertz CT molecular complexity index is 745. The average Bonchev–Trinajstić information content (AvgIpc) is 3.47. The first-order chi connectivity index (χ1) is 11.7. The minimum atomic E-state index is -0.297. The molecule has 7 heteroatoms. The van der Waals surface area contributed by atoms with E-state index >= 15 is 0 Å². The number of amides is 1. The van der Waals surface area contributed by atoms with E-state index < -0.39 is 0 Å². The van der Waals surface area contributed by atoms with Crippen LogP contribution in [0.4, 0.5) is 0 Å². The van der Waals surface area contributed by atoms with Crippen LogP contribution in [0.5, 0.6) is 0 Å². The molecular weight excluding hydrogens is 306 g/mol. The molecule has 1 saturated carbocycles. The van der Waals surface area contributed by atoms with Gasteiger partial charge >= 0.3 is 0 Å². The number of aryl methyl sites for hydroxylation is 1. The lowest BCUT2D eigenvalue weighted by Crippen LogP contribution is -2.42. The molecule has 0 bridgehead atoms. The fourth-order valence-electron chi connectivity index (χ4n) is 2.80. The first-order valence-corrected chi connectivity index (χ1v) is 8.23. The number of carbonyl (C=O) groups is 1. The van der Waals surface area contributed by atoms with Crippen LogP contribution in [0.25, 0.3) is 0 Å². The Labute approximate surface area is 140 Å². The monoisotopic (exact) mass is 325 g/mol. The highest BCUT2D eigenvalue weighted by Gasteiger charge is 2.29. The third-order valence-electron chi connectivity index (χ3n) is 4.32. The predicted octanol–water partition coefficient (Wildman–Crippen LogP) is 1.67. The molecule has 124 valence electrons. The van der Waals surface area contributed by atoms with Gasteiger partial charge in [0.1, 0.15) is 11.9 Å². The molecule has 3 heterocycles. The van der Waals surface area contributed by atoms with Crippen molar-refractivity contribution < 1.29 is 9.53 Å². The zero-order valence-corrected chi connectivity index (χ0v) is 13.6. The maximum atomic E-state index is 12.7. The van der Waals surface area contributed by atoms with E-state index in [1.165, 1.54) is 0 Å². The van der Waals surface area contributed by atoms with Gasteiger partial charge in [-0.1, -0.05) is 0 Å². The maximum absolute atomic E-state index is 12.7. The second-order valence-corrected chi connectivity index (χ2v) is 6.27. The summed E-state index contributed by atoms with van der Waals surface area (Å²) in [5, 5.41) is 0. The van der Waals surface area contributed by atoms with Gasteiger partial charge < -0.3 is 9.64 Å². The molecule has 1 aliphatic carbocycles. The van der Waals surface area contributed by atoms with Gasteiger partial charge in [0.05, 0.1) is 18.7 Å². The fraction of sp³-hybridized carbons (Fsp3) is 0.471. The second kappa shape index (κ2) is 6.24. The van der Waals surface area contributed by atoms with E-state index in [2.05, 4.69) is 19.9 Å². The van der Waals surface area contributed by atoms with Gasteiger partial charge in [0.15, 0.2) is 5.82 Å². The normalized spacial score (nSPS) is 20.9. The summed E-state index contributed by atoms with van der Waals surface area (Å²) in [5.74, 6) is 1.88. The molecule has 2 aromatic heterocycles. The first-order valence-electron chi connectivity index (χ1n) is 8.23. The van der Waals surface area contributed by atoms with Crippen LogP contribution in [0, 0.1) is 6.92 Å². The lowest BCUT2D eigenvalue weighted by molar-refractivity contribution is -0.0269. The lowest BCUT2D eigenvalue weighted by atomic mass is 10.2. The van der Waals surface area contributed by atoms with E-state index in [9.17, 15) is 4.79 Å². The van der Waals surface area contributed by atoms with Crippen LogP contribution in [0.3, 0.4) is 0 Å². The molecule has 1 aliphatic heterocycles. The largest absolute Gasteiger partial charge is 0.367 e. The summed E-state index contributed by atoms with van der Waals surface area (Å²) in [7, 11) is 0. The number of rotatable bonds is 3. The summed E-state index contributed by atoms with van der Waals surface area (Å²) in [6.07, 6.45) is 6.98. The zero-order chi connectivity index (χ0) is 16.5. The number of nitrogens with zero attached hydrogens (tertiary/aromatic N) is 5. The Morgan fingerprint density at radius 3 is 2.71 bits per heavy atom. The van der Waals surface area contributed by atoms with E-state index in [-0.39, 0.29) is 12.0 Å². The number of morpholine rings is 1. The van der Waals surface area contributed by atoms with Crippen molar-refractivity contribution in [2.45, 2.75) is 31.8 Å². The van der Waals surface area contributed by atoms with Gasteiger partial charge in [0.25, 0.3) is 5.91 Å². The SMILES string of the molecule is Cc1ccnc([C@@H]2CN(C(=O)c3cnc(C4CC4)nc3)CCO2)n1. The molecule has 4 rings (SSSR count). The van der Waals surface area contributed by atoms with Crippen molar-refractivity contribution >= 4 is 5.91 Å². The average molecular weight is 325 g/mol. The third-order valence-corrected chi connectivity index (χ3v) is 4.32. The molecule has 2 aromatic rings. The molecule has 1 saturated heterocycles. The van der Waals surface area contributed by atoms with Crippen LogP contribution in [0.15, 0.2) is 24.7 Å². The quantitative estimate of drug-likeness (QED) is 0.854. The highest BCUT2D eigenvalue weighted by molar-refractivity contribution is 5.93. The zero-order valence-electron chi connectivity index (χ0n) is 13.6. The maximum Gasteiger partial charge on any atom is 0.257 e. The smallest absolute Gasteiger partial charge is 0.257 e. The molecule has 0 unspecified atom stereocenters. The number of aromatic nitrogens is 4. The van der Waals surface area contributed by atoms with Crippen LogP contribution in [-0.4, -0.2) is 50.4 Å². The van der Waals surface area contributed by atoms with E-state index in [0.29, 0.717) is 37.0 Å². The lowest BCUT2D eigenvalue weighted by Gasteiger charge is -2.32. The topological polar surface area (TPSA) is 81.1 Å². The molecule has 0 N–H and O–H groups in total. The molecular formula is C17H19N5O2. The standard InChI is InChI=1S/C17H19N5O2/c1-11-4-5-18-16(21-11)14-10-22(6-7-24-14)17(23)13-8-19-15(20-9-13)12-2-3-12/h4-5,8-9,12,14H,2-3,6-7,10H2,1H3/t14-/m0/s1. The molecule has 1 atom stereocenters. The molecule has 24 heavy (non-hydrogen) atoms. The van der Waals surface area contributed by atoms with Gasteiger partial charge in [0.2, 0.25) is 0 Å². The summed E-state index contributed by atoms with van der Waals surface area (Å²) in [6.45, 7) is 3.36. The number of ether oxygens (including phenoxy) is 1. The molecule has 0 radical (unpaired) electrons. The molecule has 0 aromatic carbocycles. The van der Waals surface area contributed by atoms with Gasteiger partial charge in [-0.2, -0.15) is 0 Å².